The molecule has 0 heterocycles. The first kappa shape index (κ1) is 13.8. The second-order valence-corrected chi connectivity index (χ2v) is 5.19. The van der Waals surface area contributed by atoms with Crippen LogP contribution in [0.4, 0.5) is 10.1 Å². The zero-order valence-electron chi connectivity index (χ0n) is 9.68. The van der Waals surface area contributed by atoms with Crippen LogP contribution in [-0.4, -0.2) is 4.92 Å². The van der Waals surface area contributed by atoms with E-state index in [9.17, 15) is 14.5 Å². The number of hydrogen-bond donors (Lipinski definition) is 0. The summed E-state index contributed by atoms with van der Waals surface area (Å²) in [4.78, 5) is 10.2. The van der Waals surface area contributed by atoms with Gasteiger partial charge in [0.2, 0.25) is 0 Å². The predicted molar refractivity (Wildman–Crippen MR) is 74.1 cm³/mol. The van der Waals surface area contributed by atoms with E-state index in [0.29, 0.717) is 10.6 Å². The van der Waals surface area contributed by atoms with Crippen molar-refractivity contribution >= 4 is 29.1 Å². The molecule has 2 rings (SSSR count). The molecule has 0 saturated heterocycles. The molecule has 6 heteroatoms. The second kappa shape index (κ2) is 6.04. The molecule has 0 aliphatic rings. The lowest BCUT2D eigenvalue weighted by molar-refractivity contribution is -0.384. The maximum atomic E-state index is 13.7. The molecule has 0 spiro atoms. The van der Waals surface area contributed by atoms with Gasteiger partial charge >= 0.3 is 0 Å². The summed E-state index contributed by atoms with van der Waals surface area (Å²) < 4.78 is 13.7. The summed E-state index contributed by atoms with van der Waals surface area (Å²) in [5.41, 5.74) is 0.629. The third-order valence-electron chi connectivity index (χ3n) is 2.44. The molecule has 0 aromatic heterocycles. The van der Waals surface area contributed by atoms with E-state index in [1.54, 1.807) is 0 Å². The van der Waals surface area contributed by atoms with Crippen LogP contribution in [0.15, 0.2) is 47.4 Å². The average Bonchev–Trinajstić information content (AvgIpc) is 2.40. The van der Waals surface area contributed by atoms with Crippen LogP contribution in [0.1, 0.15) is 5.56 Å². The van der Waals surface area contributed by atoms with Crippen LogP contribution in [-0.2, 0) is 5.75 Å². The standard InChI is InChI=1S/C13H9ClFNO2S/c14-10-6-13(11(15)7-12(10)16(17)18)19-8-9-4-2-1-3-5-9/h1-7H,8H2. The number of halogens is 2. The van der Waals surface area contributed by atoms with E-state index in [1.807, 2.05) is 30.3 Å². The first-order chi connectivity index (χ1) is 9.08. The van der Waals surface area contributed by atoms with Gasteiger partial charge in [-0.1, -0.05) is 41.9 Å². The molecule has 0 aliphatic carbocycles. The Hall–Kier alpha value is -1.59. The number of benzene rings is 2. The minimum atomic E-state index is -0.697. The minimum Gasteiger partial charge on any atom is -0.258 e. The number of nitro groups is 1. The third-order valence-corrected chi connectivity index (χ3v) is 3.84. The van der Waals surface area contributed by atoms with E-state index in [2.05, 4.69) is 0 Å². The molecule has 0 radical (unpaired) electrons. The lowest BCUT2D eigenvalue weighted by atomic mass is 10.2. The Labute approximate surface area is 118 Å². The fraction of sp³-hybridized carbons (Fsp3) is 0.0769. The molecule has 0 bridgehead atoms. The van der Waals surface area contributed by atoms with Crippen molar-refractivity contribution in [3.05, 3.63) is 69.0 Å². The molecular weight excluding hydrogens is 289 g/mol. The molecule has 0 fully saturated rings. The van der Waals surface area contributed by atoms with Gasteiger partial charge in [-0.15, -0.1) is 11.8 Å². The van der Waals surface area contributed by atoms with E-state index in [1.165, 1.54) is 17.8 Å². The summed E-state index contributed by atoms with van der Waals surface area (Å²) in [5, 5.41) is 10.6. The normalized spacial score (nSPS) is 10.4. The molecule has 0 amide bonds. The Bertz CT molecular complexity index is 607. The van der Waals surface area contributed by atoms with Gasteiger partial charge in [-0.3, -0.25) is 10.1 Å². The fourth-order valence-corrected chi connectivity index (χ4v) is 2.71. The zero-order valence-corrected chi connectivity index (χ0v) is 11.2. The number of rotatable bonds is 4. The van der Waals surface area contributed by atoms with Gasteiger partial charge in [-0.25, -0.2) is 4.39 Å². The van der Waals surface area contributed by atoms with E-state index < -0.39 is 16.4 Å². The van der Waals surface area contributed by atoms with Gasteiger partial charge in [0, 0.05) is 10.6 Å². The predicted octanol–water partition coefficient (Wildman–Crippen LogP) is 4.68. The molecule has 0 unspecified atom stereocenters. The smallest absolute Gasteiger partial charge is 0.258 e. The van der Waals surface area contributed by atoms with E-state index in [0.717, 1.165) is 11.6 Å². The van der Waals surface area contributed by atoms with Gasteiger partial charge in [0.1, 0.15) is 10.8 Å². The van der Waals surface area contributed by atoms with Crippen molar-refractivity contribution in [3.8, 4) is 0 Å². The van der Waals surface area contributed by atoms with Crippen molar-refractivity contribution in [2.75, 3.05) is 0 Å². The maximum Gasteiger partial charge on any atom is 0.290 e. The molecule has 0 saturated carbocycles. The summed E-state index contributed by atoms with van der Waals surface area (Å²) in [6.07, 6.45) is 0. The number of nitrogens with zero attached hydrogens (tertiary/aromatic N) is 1. The van der Waals surface area contributed by atoms with Crippen molar-refractivity contribution in [1.29, 1.82) is 0 Å². The van der Waals surface area contributed by atoms with Crippen LogP contribution in [0.2, 0.25) is 5.02 Å². The molecule has 0 atom stereocenters. The average molecular weight is 298 g/mol. The summed E-state index contributed by atoms with van der Waals surface area (Å²) >= 11 is 7.01. The monoisotopic (exact) mass is 297 g/mol. The van der Waals surface area contributed by atoms with Crippen LogP contribution < -0.4 is 0 Å². The largest absolute Gasteiger partial charge is 0.290 e. The minimum absolute atomic E-state index is 0.0537. The fourth-order valence-electron chi connectivity index (χ4n) is 1.50. The highest BCUT2D eigenvalue weighted by Crippen LogP contribution is 2.33. The van der Waals surface area contributed by atoms with Crippen LogP contribution in [0.5, 0.6) is 0 Å². The Balaban J connectivity index is 2.17. The summed E-state index contributed by atoms with van der Waals surface area (Å²) in [6, 6.07) is 11.7. The first-order valence-corrected chi connectivity index (χ1v) is 6.74. The summed E-state index contributed by atoms with van der Waals surface area (Å²) in [7, 11) is 0. The van der Waals surface area contributed by atoms with Crippen molar-refractivity contribution in [1.82, 2.24) is 0 Å². The number of nitro benzene ring substituents is 1. The molecule has 98 valence electrons. The van der Waals surface area contributed by atoms with Crippen molar-refractivity contribution in [2.45, 2.75) is 10.6 Å². The van der Waals surface area contributed by atoms with E-state index in [4.69, 9.17) is 11.6 Å². The molecular formula is C13H9ClFNO2S. The molecule has 3 nitrogen and oxygen atoms in total. The van der Waals surface area contributed by atoms with Gasteiger partial charge < -0.3 is 0 Å². The second-order valence-electron chi connectivity index (χ2n) is 3.77. The lowest BCUT2D eigenvalue weighted by Gasteiger charge is -2.04. The third kappa shape index (κ3) is 3.45. The van der Waals surface area contributed by atoms with Crippen molar-refractivity contribution < 1.29 is 9.31 Å². The maximum absolute atomic E-state index is 13.7. The highest BCUT2D eigenvalue weighted by atomic mass is 35.5. The number of hydrogen-bond acceptors (Lipinski definition) is 3. The van der Waals surface area contributed by atoms with Crippen LogP contribution in [0, 0.1) is 15.9 Å². The van der Waals surface area contributed by atoms with Gasteiger partial charge in [0.15, 0.2) is 0 Å². The molecule has 2 aromatic rings. The Kier molecular flexibility index (Phi) is 4.39. The Morgan fingerprint density at radius 1 is 1.26 bits per heavy atom. The highest BCUT2D eigenvalue weighted by molar-refractivity contribution is 7.98. The molecule has 0 aliphatic heterocycles. The highest BCUT2D eigenvalue weighted by Gasteiger charge is 2.17. The van der Waals surface area contributed by atoms with E-state index in [-0.39, 0.29) is 5.02 Å². The van der Waals surface area contributed by atoms with Gasteiger partial charge in [-0.05, 0) is 11.6 Å². The quantitative estimate of drug-likeness (QED) is 0.467. The van der Waals surface area contributed by atoms with Crippen LogP contribution in [0.25, 0.3) is 0 Å². The lowest BCUT2D eigenvalue weighted by Crippen LogP contribution is -1.92. The molecule has 0 N–H and O–H groups in total. The van der Waals surface area contributed by atoms with E-state index >= 15 is 0 Å². The van der Waals surface area contributed by atoms with Crippen LogP contribution in [0.3, 0.4) is 0 Å². The Morgan fingerprint density at radius 2 is 1.95 bits per heavy atom. The zero-order chi connectivity index (χ0) is 13.8. The molecule has 2 aromatic carbocycles. The summed E-state index contributed by atoms with van der Waals surface area (Å²) in [5.74, 6) is -0.0525. The topological polar surface area (TPSA) is 43.1 Å². The van der Waals surface area contributed by atoms with Crippen LogP contribution >= 0.6 is 23.4 Å². The van der Waals surface area contributed by atoms with Gasteiger partial charge in [-0.2, -0.15) is 0 Å². The molecule has 19 heavy (non-hydrogen) atoms. The SMILES string of the molecule is O=[N+]([O-])c1cc(F)c(SCc2ccccc2)cc1Cl. The Morgan fingerprint density at radius 3 is 2.58 bits per heavy atom. The van der Waals surface area contributed by atoms with Gasteiger partial charge in [0.05, 0.1) is 11.0 Å². The van der Waals surface area contributed by atoms with Crippen molar-refractivity contribution in [2.24, 2.45) is 0 Å². The van der Waals surface area contributed by atoms with Gasteiger partial charge in [0.25, 0.3) is 5.69 Å². The summed E-state index contributed by atoms with van der Waals surface area (Å²) in [6.45, 7) is 0. The number of thioether (sulfide) groups is 1. The first-order valence-electron chi connectivity index (χ1n) is 5.38. The van der Waals surface area contributed by atoms with Crippen molar-refractivity contribution in [3.63, 3.8) is 0 Å².